The number of hydrogen-bond acceptors (Lipinski definition) is 3. The third-order valence-electron chi connectivity index (χ3n) is 4.20. The normalized spacial score (nSPS) is 42.6. The van der Waals surface area contributed by atoms with E-state index in [1.54, 1.807) is 0 Å². The van der Waals surface area contributed by atoms with E-state index < -0.39 is 0 Å². The molecule has 3 rings (SSSR count). The standard InChI is InChI=1S/C11H21N3/c1-13(2)11-9-6-14(7-10(9)11)5-8-3-12-4-8/h8-12H,3-7H2,1-2H3. The predicted octanol–water partition coefficient (Wildman–Crippen LogP) is -0.302. The molecule has 2 atom stereocenters. The molecule has 80 valence electrons. The van der Waals surface area contributed by atoms with Gasteiger partial charge in [-0.2, -0.15) is 0 Å². The van der Waals surface area contributed by atoms with Crippen molar-refractivity contribution in [2.24, 2.45) is 17.8 Å². The van der Waals surface area contributed by atoms with Crippen molar-refractivity contribution in [3.05, 3.63) is 0 Å². The summed E-state index contributed by atoms with van der Waals surface area (Å²) in [6.07, 6.45) is 0. The molecule has 2 aliphatic heterocycles. The second kappa shape index (κ2) is 3.19. The number of piperidine rings is 1. The molecule has 3 aliphatic rings. The molecule has 0 bridgehead atoms. The smallest absolute Gasteiger partial charge is 0.0177 e. The summed E-state index contributed by atoms with van der Waals surface area (Å²) in [6.45, 7) is 6.58. The Kier molecular flexibility index (Phi) is 2.08. The number of fused-ring (bicyclic) bond motifs is 1. The van der Waals surface area contributed by atoms with Gasteiger partial charge in [-0.15, -0.1) is 0 Å². The van der Waals surface area contributed by atoms with E-state index in [9.17, 15) is 0 Å². The molecule has 1 aliphatic carbocycles. The summed E-state index contributed by atoms with van der Waals surface area (Å²) < 4.78 is 0. The molecule has 1 saturated carbocycles. The lowest BCUT2D eigenvalue weighted by Gasteiger charge is -2.32. The largest absolute Gasteiger partial charge is 0.316 e. The van der Waals surface area contributed by atoms with Gasteiger partial charge < -0.3 is 15.1 Å². The van der Waals surface area contributed by atoms with Gasteiger partial charge in [0.15, 0.2) is 0 Å². The Balaban J connectivity index is 1.46. The third-order valence-corrected chi connectivity index (χ3v) is 4.20. The highest BCUT2D eigenvalue weighted by Gasteiger charge is 2.56. The van der Waals surface area contributed by atoms with Crippen molar-refractivity contribution < 1.29 is 0 Å². The van der Waals surface area contributed by atoms with Crippen LogP contribution in [-0.4, -0.2) is 62.7 Å². The van der Waals surface area contributed by atoms with Crippen LogP contribution in [0.1, 0.15) is 0 Å². The van der Waals surface area contributed by atoms with Crippen molar-refractivity contribution in [1.29, 1.82) is 0 Å². The predicted molar refractivity (Wildman–Crippen MR) is 57.3 cm³/mol. The van der Waals surface area contributed by atoms with Crippen LogP contribution in [0.2, 0.25) is 0 Å². The highest BCUT2D eigenvalue weighted by molar-refractivity contribution is 5.10. The van der Waals surface area contributed by atoms with Crippen LogP contribution in [0.15, 0.2) is 0 Å². The fourth-order valence-corrected chi connectivity index (χ4v) is 3.34. The first-order valence-electron chi connectivity index (χ1n) is 5.85. The Hall–Kier alpha value is -0.120. The first-order valence-corrected chi connectivity index (χ1v) is 5.85. The fourth-order valence-electron chi connectivity index (χ4n) is 3.34. The Morgan fingerprint density at radius 3 is 2.29 bits per heavy atom. The summed E-state index contributed by atoms with van der Waals surface area (Å²) in [6, 6.07) is 0.908. The number of nitrogens with zero attached hydrogens (tertiary/aromatic N) is 2. The first kappa shape index (κ1) is 9.13. The average molecular weight is 195 g/mol. The van der Waals surface area contributed by atoms with Crippen molar-refractivity contribution >= 4 is 0 Å². The molecule has 0 aromatic carbocycles. The van der Waals surface area contributed by atoms with Crippen LogP contribution in [-0.2, 0) is 0 Å². The lowest BCUT2D eigenvalue weighted by atomic mass is 10.0. The highest BCUT2D eigenvalue weighted by atomic mass is 15.3. The number of hydrogen-bond donors (Lipinski definition) is 1. The van der Waals surface area contributed by atoms with Crippen LogP contribution in [0.25, 0.3) is 0 Å². The highest BCUT2D eigenvalue weighted by Crippen LogP contribution is 2.48. The van der Waals surface area contributed by atoms with E-state index in [4.69, 9.17) is 0 Å². The van der Waals surface area contributed by atoms with Gasteiger partial charge in [0.2, 0.25) is 0 Å². The Morgan fingerprint density at radius 2 is 1.86 bits per heavy atom. The average Bonchev–Trinajstić information content (AvgIpc) is 2.57. The Bertz CT molecular complexity index is 213. The minimum Gasteiger partial charge on any atom is -0.316 e. The summed E-state index contributed by atoms with van der Waals surface area (Å²) in [5, 5.41) is 3.35. The molecule has 1 N–H and O–H groups in total. The van der Waals surface area contributed by atoms with Crippen molar-refractivity contribution in [3.63, 3.8) is 0 Å². The van der Waals surface area contributed by atoms with Crippen molar-refractivity contribution in [2.75, 3.05) is 46.8 Å². The molecule has 0 aromatic heterocycles. The van der Waals surface area contributed by atoms with Gasteiger partial charge in [0, 0.05) is 38.8 Å². The molecule has 0 radical (unpaired) electrons. The van der Waals surface area contributed by atoms with E-state index in [0.717, 1.165) is 23.8 Å². The molecule has 3 fully saturated rings. The molecule has 3 heteroatoms. The minimum absolute atomic E-state index is 0.908. The zero-order chi connectivity index (χ0) is 9.71. The molecular weight excluding hydrogens is 174 g/mol. The van der Waals surface area contributed by atoms with Crippen LogP contribution in [0.4, 0.5) is 0 Å². The third kappa shape index (κ3) is 1.38. The van der Waals surface area contributed by atoms with E-state index >= 15 is 0 Å². The first-order chi connectivity index (χ1) is 6.75. The molecule has 2 heterocycles. The summed E-state index contributed by atoms with van der Waals surface area (Å²) in [5.41, 5.74) is 0. The fraction of sp³-hybridized carbons (Fsp3) is 1.00. The molecule has 3 nitrogen and oxygen atoms in total. The topological polar surface area (TPSA) is 18.5 Å². The number of rotatable bonds is 3. The second-order valence-corrected chi connectivity index (χ2v) is 5.52. The summed E-state index contributed by atoms with van der Waals surface area (Å²) >= 11 is 0. The Morgan fingerprint density at radius 1 is 1.21 bits per heavy atom. The van der Waals surface area contributed by atoms with Crippen molar-refractivity contribution in [2.45, 2.75) is 6.04 Å². The maximum atomic E-state index is 3.35. The number of likely N-dealkylation sites (tertiary alicyclic amines) is 1. The van der Waals surface area contributed by atoms with Crippen molar-refractivity contribution in [3.8, 4) is 0 Å². The van der Waals surface area contributed by atoms with E-state index in [0.29, 0.717) is 0 Å². The van der Waals surface area contributed by atoms with E-state index in [1.807, 2.05) is 0 Å². The van der Waals surface area contributed by atoms with E-state index in [1.165, 1.54) is 32.7 Å². The molecule has 2 saturated heterocycles. The van der Waals surface area contributed by atoms with Gasteiger partial charge in [0.1, 0.15) is 0 Å². The number of nitrogens with one attached hydrogen (secondary N) is 1. The van der Waals surface area contributed by atoms with Gasteiger partial charge in [0.05, 0.1) is 0 Å². The van der Waals surface area contributed by atoms with Crippen LogP contribution in [0.3, 0.4) is 0 Å². The summed E-state index contributed by atoms with van der Waals surface area (Å²) in [5.74, 6) is 2.95. The van der Waals surface area contributed by atoms with Gasteiger partial charge in [-0.3, -0.25) is 0 Å². The molecule has 2 unspecified atom stereocenters. The van der Waals surface area contributed by atoms with Crippen LogP contribution < -0.4 is 5.32 Å². The van der Waals surface area contributed by atoms with E-state index in [2.05, 4.69) is 29.2 Å². The van der Waals surface area contributed by atoms with Crippen molar-refractivity contribution in [1.82, 2.24) is 15.1 Å². The van der Waals surface area contributed by atoms with Gasteiger partial charge >= 0.3 is 0 Å². The monoisotopic (exact) mass is 195 g/mol. The lowest BCUT2D eigenvalue weighted by Crippen LogP contribution is -2.48. The summed E-state index contributed by atoms with van der Waals surface area (Å²) in [4.78, 5) is 5.10. The molecule has 0 aromatic rings. The maximum absolute atomic E-state index is 3.35. The van der Waals surface area contributed by atoms with Gasteiger partial charge in [-0.25, -0.2) is 0 Å². The van der Waals surface area contributed by atoms with Crippen LogP contribution in [0.5, 0.6) is 0 Å². The maximum Gasteiger partial charge on any atom is 0.0177 e. The lowest BCUT2D eigenvalue weighted by molar-refractivity contribution is 0.190. The zero-order valence-electron chi connectivity index (χ0n) is 9.24. The molecular formula is C11H21N3. The Labute approximate surface area is 86.4 Å². The quantitative estimate of drug-likeness (QED) is 0.667. The second-order valence-electron chi connectivity index (χ2n) is 5.52. The van der Waals surface area contributed by atoms with Crippen LogP contribution in [0, 0.1) is 17.8 Å². The van der Waals surface area contributed by atoms with Gasteiger partial charge in [0.25, 0.3) is 0 Å². The van der Waals surface area contributed by atoms with Crippen LogP contribution >= 0.6 is 0 Å². The molecule has 0 amide bonds. The SMILES string of the molecule is CN(C)C1C2CN(CC3CNC3)CC21. The van der Waals surface area contributed by atoms with Gasteiger partial charge in [-0.1, -0.05) is 0 Å². The minimum atomic E-state index is 0.908. The molecule has 14 heavy (non-hydrogen) atoms. The zero-order valence-corrected chi connectivity index (χ0v) is 9.24. The van der Waals surface area contributed by atoms with Gasteiger partial charge in [-0.05, 0) is 31.8 Å². The molecule has 0 spiro atoms. The van der Waals surface area contributed by atoms with E-state index in [-0.39, 0.29) is 0 Å². The summed E-state index contributed by atoms with van der Waals surface area (Å²) in [7, 11) is 4.45.